The van der Waals surface area contributed by atoms with Gasteiger partial charge in [0.1, 0.15) is 0 Å². The van der Waals surface area contributed by atoms with Gasteiger partial charge in [-0.1, -0.05) is 6.92 Å². The average Bonchev–Trinajstić information content (AvgIpc) is 2.25. The highest BCUT2D eigenvalue weighted by atomic mass is 16.1. The van der Waals surface area contributed by atoms with E-state index in [2.05, 4.69) is 34.2 Å². The maximum Gasteiger partial charge on any atom is 0.290 e. The minimum atomic E-state index is -0.145. The Hall–Kier alpha value is -1.36. The van der Waals surface area contributed by atoms with Crippen LogP contribution in [-0.2, 0) is 0 Å². The van der Waals surface area contributed by atoms with Gasteiger partial charge < -0.3 is 15.2 Å². The summed E-state index contributed by atoms with van der Waals surface area (Å²) < 4.78 is 0. The Bertz CT molecular complexity index is 403. The summed E-state index contributed by atoms with van der Waals surface area (Å²) in [6.07, 6.45) is 4.20. The van der Waals surface area contributed by atoms with Crippen LogP contribution >= 0.6 is 0 Å². The summed E-state index contributed by atoms with van der Waals surface area (Å²) in [7, 11) is 2.13. The van der Waals surface area contributed by atoms with Crippen molar-refractivity contribution in [1.29, 1.82) is 0 Å². The topological polar surface area (TPSA) is 61.0 Å². The SMILES string of the molecule is CC1CN(C)CCC1Nc1ncc[nH]c1=O. The van der Waals surface area contributed by atoms with Crippen molar-refractivity contribution in [3.8, 4) is 0 Å². The van der Waals surface area contributed by atoms with Crippen molar-refractivity contribution >= 4 is 5.82 Å². The molecule has 1 aromatic rings. The number of nitrogens with zero attached hydrogens (tertiary/aromatic N) is 2. The molecule has 2 atom stereocenters. The van der Waals surface area contributed by atoms with E-state index in [-0.39, 0.29) is 5.56 Å². The molecular weight excluding hydrogens is 204 g/mol. The Morgan fingerprint density at radius 2 is 2.44 bits per heavy atom. The normalized spacial score (nSPS) is 26.6. The minimum Gasteiger partial charge on any atom is -0.362 e. The first-order chi connectivity index (χ1) is 7.66. The third-order valence-electron chi connectivity index (χ3n) is 3.14. The second kappa shape index (κ2) is 4.65. The molecule has 1 fully saturated rings. The Morgan fingerprint density at radius 1 is 1.62 bits per heavy atom. The fourth-order valence-corrected chi connectivity index (χ4v) is 2.20. The van der Waals surface area contributed by atoms with Gasteiger partial charge in [0.15, 0.2) is 5.82 Å². The van der Waals surface area contributed by atoms with Crippen LogP contribution in [0.15, 0.2) is 17.2 Å². The number of hydrogen-bond acceptors (Lipinski definition) is 4. The number of H-pyrrole nitrogens is 1. The molecule has 0 bridgehead atoms. The number of aromatic amines is 1. The fourth-order valence-electron chi connectivity index (χ4n) is 2.20. The van der Waals surface area contributed by atoms with Crippen molar-refractivity contribution in [3.05, 3.63) is 22.7 Å². The van der Waals surface area contributed by atoms with Crippen molar-refractivity contribution < 1.29 is 0 Å². The van der Waals surface area contributed by atoms with E-state index in [4.69, 9.17) is 0 Å². The Morgan fingerprint density at radius 3 is 3.12 bits per heavy atom. The van der Waals surface area contributed by atoms with Gasteiger partial charge >= 0.3 is 0 Å². The zero-order chi connectivity index (χ0) is 11.5. The molecule has 1 saturated heterocycles. The molecule has 1 aliphatic heterocycles. The number of nitrogens with one attached hydrogen (secondary N) is 2. The molecule has 0 aromatic carbocycles. The largest absolute Gasteiger partial charge is 0.362 e. The molecule has 2 rings (SSSR count). The summed E-state index contributed by atoms with van der Waals surface area (Å²) in [5, 5.41) is 3.24. The second-order valence-corrected chi connectivity index (χ2v) is 4.55. The molecule has 0 amide bonds. The van der Waals surface area contributed by atoms with E-state index in [1.807, 2.05) is 0 Å². The van der Waals surface area contributed by atoms with Crippen molar-refractivity contribution in [2.24, 2.45) is 5.92 Å². The molecule has 0 aliphatic carbocycles. The Labute approximate surface area is 94.9 Å². The molecule has 2 heterocycles. The number of anilines is 1. The first kappa shape index (κ1) is 11.1. The quantitative estimate of drug-likeness (QED) is 0.766. The molecule has 16 heavy (non-hydrogen) atoms. The first-order valence-corrected chi connectivity index (χ1v) is 5.65. The third-order valence-corrected chi connectivity index (χ3v) is 3.14. The Balaban J connectivity index is 2.05. The van der Waals surface area contributed by atoms with Crippen LogP contribution in [0.4, 0.5) is 5.82 Å². The van der Waals surface area contributed by atoms with Crippen LogP contribution in [-0.4, -0.2) is 41.0 Å². The molecule has 1 aliphatic rings. The van der Waals surface area contributed by atoms with E-state index in [1.165, 1.54) is 0 Å². The molecule has 0 radical (unpaired) electrons. The molecule has 0 saturated carbocycles. The first-order valence-electron chi connectivity index (χ1n) is 5.65. The standard InChI is InChI=1S/C11H18N4O/c1-8-7-15(2)6-3-9(8)14-10-11(16)13-5-4-12-10/h4-5,8-9H,3,6-7H2,1-2H3,(H,12,14)(H,13,16). The third kappa shape index (κ3) is 2.41. The number of aromatic nitrogens is 2. The summed E-state index contributed by atoms with van der Waals surface area (Å²) in [5.74, 6) is 0.962. The predicted octanol–water partition coefficient (Wildman–Crippen LogP) is 0.522. The van der Waals surface area contributed by atoms with Crippen molar-refractivity contribution in [2.45, 2.75) is 19.4 Å². The molecule has 2 unspecified atom stereocenters. The van der Waals surface area contributed by atoms with Crippen LogP contribution in [0, 0.1) is 5.92 Å². The number of likely N-dealkylation sites (tertiary alicyclic amines) is 1. The lowest BCUT2D eigenvalue weighted by atomic mass is 9.94. The van der Waals surface area contributed by atoms with Gasteiger partial charge in [0, 0.05) is 25.0 Å². The monoisotopic (exact) mass is 222 g/mol. The maximum absolute atomic E-state index is 11.5. The molecule has 5 nitrogen and oxygen atoms in total. The fraction of sp³-hybridized carbons (Fsp3) is 0.636. The van der Waals surface area contributed by atoms with Gasteiger partial charge in [-0.15, -0.1) is 0 Å². The van der Waals surface area contributed by atoms with E-state index in [0.29, 0.717) is 17.8 Å². The molecule has 88 valence electrons. The lowest BCUT2D eigenvalue weighted by Gasteiger charge is -2.35. The minimum absolute atomic E-state index is 0.145. The van der Waals surface area contributed by atoms with Crippen molar-refractivity contribution in [2.75, 3.05) is 25.5 Å². The lowest BCUT2D eigenvalue weighted by molar-refractivity contribution is 0.206. The van der Waals surface area contributed by atoms with E-state index in [1.54, 1.807) is 12.4 Å². The van der Waals surface area contributed by atoms with E-state index in [9.17, 15) is 4.79 Å². The summed E-state index contributed by atoms with van der Waals surface area (Å²) >= 11 is 0. The van der Waals surface area contributed by atoms with E-state index in [0.717, 1.165) is 19.5 Å². The molecular formula is C11H18N4O. The molecule has 2 N–H and O–H groups in total. The number of rotatable bonds is 2. The van der Waals surface area contributed by atoms with Gasteiger partial charge in [-0.25, -0.2) is 4.98 Å². The van der Waals surface area contributed by atoms with Crippen molar-refractivity contribution in [3.63, 3.8) is 0 Å². The summed E-state index contributed by atoms with van der Waals surface area (Å²) in [6, 6.07) is 0.340. The Kier molecular flexibility index (Phi) is 3.24. The molecule has 5 heteroatoms. The van der Waals surface area contributed by atoms with Crippen LogP contribution in [0.25, 0.3) is 0 Å². The number of hydrogen-bond donors (Lipinski definition) is 2. The van der Waals surface area contributed by atoms with Crippen LogP contribution in [0.1, 0.15) is 13.3 Å². The maximum atomic E-state index is 11.5. The zero-order valence-electron chi connectivity index (χ0n) is 9.73. The van der Waals surface area contributed by atoms with Gasteiger partial charge in [-0.3, -0.25) is 4.79 Å². The molecule has 0 spiro atoms. The highest BCUT2D eigenvalue weighted by Crippen LogP contribution is 2.17. The highest BCUT2D eigenvalue weighted by Gasteiger charge is 2.24. The lowest BCUT2D eigenvalue weighted by Crippen LogP contribution is -2.44. The number of piperidine rings is 1. The zero-order valence-corrected chi connectivity index (χ0v) is 9.73. The predicted molar refractivity (Wildman–Crippen MR) is 63.5 cm³/mol. The van der Waals surface area contributed by atoms with Gasteiger partial charge in [0.25, 0.3) is 5.56 Å². The van der Waals surface area contributed by atoms with Gasteiger partial charge in [-0.05, 0) is 25.9 Å². The van der Waals surface area contributed by atoms with Crippen LogP contribution in [0.3, 0.4) is 0 Å². The molecule has 1 aromatic heterocycles. The van der Waals surface area contributed by atoms with E-state index < -0.39 is 0 Å². The summed E-state index contributed by atoms with van der Waals surface area (Å²) in [4.78, 5) is 20.5. The average molecular weight is 222 g/mol. The van der Waals surface area contributed by atoms with Crippen LogP contribution in [0.2, 0.25) is 0 Å². The summed E-state index contributed by atoms with van der Waals surface area (Å²) in [6.45, 7) is 4.32. The van der Waals surface area contributed by atoms with Gasteiger partial charge in [-0.2, -0.15) is 0 Å². The highest BCUT2D eigenvalue weighted by molar-refractivity contribution is 5.32. The van der Waals surface area contributed by atoms with Crippen molar-refractivity contribution in [1.82, 2.24) is 14.9 Å². The smallest absolute Gasteiger partial charge is 0.290 e. The van der Waals surface area contributed by atoms with Crippen LogP contribution in [0.5, 0.6) is 0 Å². The van der Waals surface area contributed by atoms with E-state index >= 15 is 0 Å². The van der Waals surface area contributed by atoms with Gasteiger partial charge in [0.2, 0.25) is 0 Å². The van der Waals surface area contributed by atoms with Crippen LogP contribution < -0.4 is 10.9 Å². The second-order valence-electron chi connectivity index (χ2n) is 4.55. The summed E-state index contributed by atoms with van der Waals surface area (Å²) in [5.41, 5.74) is -0.145. The van der Waals surface area contributed by atoms with Gasteiger partial charge in [0.05, 0.1) is 0 Å².